The number of ether oxygens (including phenoxy) is 2. The SMILES string of the molecule is COCCOCCc1cc(C)on1. The Balaban J connectivity index is 2.06. The van der Waals surface area contributed by atoms with Crippen LogP contribution in [0.5, 0.6) is 0 Å². The van der Waals surface area contributed by atoms with Gasteiger partial charge in [-0.15, -0.1) is 0 Å². The summed E-state index contributed by atoms with van der Waals surface area (Å²) in [4.78, 5) is 0. The second kappa shape index (κ2) is 5.72. The van der Waals surface area contributed by atoms with Crippen LogP contribution in [-0.4, -0.2) is 32.1 Å². The third-order valence-corrected chi connectivity index (χ3v) is 1.61. The van der Waals surface area contributed by atoms with E-state index in [1.54, 1.807) is 7.11 Å². The molecule has 0 aliphatic rings. The largest absolute Gasteiger partial charge is 0.382 e. The van der Waals surface area contributed by atoms with Crippen LogP contribution in [0.3, 0.4) is 0 Å². The molecule has 74 valence electrons. The van der Waals surface area contributed by atoms with Gasteiger partial charge >= 0.3 is 0 Å². The Kier molecular flexibility index (Phi) is 4.49. The van der Waals surface area contributed by atoms with Crippen LogP contribution in [0.15, 0.2) is 10.6 Å². The van der Waals surface area contributed by atoms with Crippen LogP contribution in [0, 0.1) is 6.92 Å². The van der Waals surface area contributed by atoms with Gasteiger partial charge in [-0.3, -0.25) is 0 Å². The van der Waals surface area contributed by atoms with E-state index in [0.29, 0.717) is 19.8 Å². The molecule has 0 aliphatic heterocycles. The predicted molar refractivity (Wildman–Crippen MR) is 47.6 cm³/mol. The zero-order valence-electron chi connectivity index (χ0n) is 8.08. The number of rotatable bonds is 6. The zero-order valence-corrected chi connectivity index (χ0v) is 8.08. The lowest BCUT2D eigenvalue weighted by atomic mass is 10.3. The van der Waals surface area contributed by atoms with Crippen molar-refractivity contribution >= 4 is 0 Å². The molecule has 4 nitrogen and oxygen atoms in total. The molecule has 13 heavy (non-hydrogen) atoms. The number of aromatic nitrogens is 1. The van der Waals surface area contributed by atoms with Gasteiger partial charge in [0.15, 0.2) is 0 Å². The molecule has 0 unspecified atom stereocenters. The van der Waals surface area contributed by atoms with Gasteiger partial charge in [-0.2, -0.15) is 0 Å². The summed E-state index contributed by atoms with van der Waals surface area (Å²) in [6, 6.07) is 1.92. The van der Waals surface area contributed by atoms with E-state index in [-0.39, 0.29) is 0 Å². The summed E-state index contributed by atoms with van der Waals surface area (Å²) in [6.07, 6.45) is 0.793. The molecule has 0 radical (unpaired) electrons. The van der Waals surface area contributed by atoms with Crippen LogP contribution in [0.4, 0.5) is 0 Å². The normalized spacial score (nSPS) is 10.6. The quantitative estimate of drug-likeness (QED) is 0.624. The lowest BCUT2D eigenvalue weighted by Gasteiger charge is -2.00. The van der Waals surface area contributed by atoms with Crippen LogP contribution in [0.25, 0.3) is 0 Å². The van der Waals surface area contributed by atoms with Crippen molar-refractivity contribution in [2.75, 3.05) is 26.9 Å². The average molecular weight is 185 g/mol. The first-order valence-corrected chi connectivity index (χ1v) is 4.32. The maximum absolute atomic E-state index is 5.28. The van der Waals surface area contributed by atoms with E-state index in [9.17, 15) is 0 Å². The predicted octanol–water partition coefficient (Wildman–Crippen LogP) is 1.19. The molecule has 0 N–H and O–H groups in total. The molecular formula is C9H15NO3. The van der Waals surface area contributed by atoms with E-state index >= 15 is 0 Å². The third kappa shape index (κ3) is 4.05. The summed E-state index contributed by atoms with van der Waals surface area (Å²) < 4.78 is 15.0. The zero-order chi connectivity index (χ0) is 9.52. The van der Waals surface area contributed by atoms with E-state index in [1.807, 2.05) is 13.0 Å². The molecule has 1 aromatic heterocycles. The molecule has 0 atom stereocenters. The molecule has 0 amide bonds. The molecule has 0 aliphatic carbocycles. The van der Waals surface area contributed by atoms with Gasteiger partial charge in [0.05, 0.1) is 25.5 Å². The third-order valence-electron chi connectivity index (χ3n) is 1.61. The first-order chi connectivity index (χ1) is 6.33. The summed E-state index contributed by atoms with van der Waals surface area (Å²) in [5.74, 6) is 0.840. The van der Waals surface area contributed by atoms with Gasteiger partial charge in [-0.25, -0.2) is 0 Å². The standard InChI is InChI=1S/C9H15NO3/c1-8-7-9(10-13-8)3-4-12-6-5-11-2/h7H,3-6H2,1-2H3. The molecule has 0 spiro atoms. The van der Waals surface area contributed by atoms with Crippen molar-refractivity contribution in [2.24, 2.45) is 0 Å². The van der Waals surface area contributed by atoms with E-state index in [4.69, 9.17) is 14.0 Å². The van der Waals surface area contributed by atoms with Crippen LogP contribution in [-0.2, 0) is 15.9 Å². The van der Waals surface area contributed by atoms with E-state index < -0.39 is 0 Å². The maximum atomic E-state index is 5.28. The molecule has 0 bridgehead atoms. The Morgan fingerprint density at radius 3 is 2.85 bits per heavy atom. The highest BCUT2D eigenvalue weighted by molar-refractivity contribution is 5.03. The van der Waals surface area contributed by atoms with Gasteiger partial charge in [0, 0.05) is 19.6 Å². The summed E-state index contributed by atoms with van der Waals surface area (Å²) in [6.45, 7) is 3.81. The smallest absolute Gasteiger partial charge is 0.133 e. The van der Waals surface area contributed by atoms with Crippen molar-refractivity contribution in [3.8, 4) is 0 Å². The van der Waals surface area contributed by atoms with Crippen molar-refractivity contribution in [1.82, 2.24) is 5.16 Å². The van der Waals surface area contributed by atoms with Gasteiger partial charge < -0.3 is 14.0 Å². The first-order valence-electron chi connectivity index (χ1n) is 4.32. The van der Waals surface area contributed by atoms with Crippen molar-refractivity contribution in [3.05, 3.63) is 17.5 Å². The summed E-state index contributed by atoms with van der Waals surface area (Å²) in [5, 5.41) is 3.85. The summed E-state index contributed by atoms with van der Waals surface area (Å²) in [5.41, 5.74) is 0.940. The first kappa shape index (κ1) is 10.2. The molecule has 0 aromatic carbocycles. The highest BCUT2D eigenvalue weighted by Crippen LogP contribution is 2.01. The maximum Gasteiger partial charge on any atom is 0.133 e. The summed E-state index contributed by atoms with van der Waals surface area (Å²) in [7, 11) is 1.66. The van der Waals surface area contributed by atoms with Gasteiger partial charge in [-0.1, -0.05) is 5.16 Å². The fourth-order valence-corrected chi connectivity index (χ4v) is 0.957. The molecule has 0 saturated heterocycles. The minimum absolute atomic E-state index is 0.632. The minimum Gasteiger partial charge on any atom is -0.382 e. The van der Waals surface area contributed by atoms with Gasteiger partial charge in [0.2, 0.25) is 0 Å². The summed E-state index contributed by atoms with van der Waals surface area (Å²) >= 11 is 0. The Morgan fingerprint density at radius 1 is 1.38 bits per heavy atom. The Bertz CT molecular complexity index is 235. The number of hydrogen-bond donors (Lipinski definition) is 0. The second-order valence-corrected chi connectivity index (χ2v) is 2.78. The fraction of sp³-hybridized carbons (Fsp3) is 0.667. The monoisotopic (exact) mass is 185 g/mol. The van der Waals surface area contributed by atoms with E-state index in [2.05, 4.69) is 5.16 Å². The van der Waals surface area contributed by atoms with Crippen molar-refractivity contribution in [1.29, 1.82) is 0 Å². The highest BCUT2D eigenvalue weighted by atomic mass is 16.5. The van der Waals surface area contributed by atoms with Crippen molar-refractivity contribution < 1.29 is 14.0 Å². The lowest BCUT2D eigenvalue weighted by molar-refractivity contribution is 0.0717. The fourth-order valence-electron chi connectivity index (χ4n) is 0.957. The number of aryl methyl sites for hydroxylation is 1. The highest BCUT2D eigenvalue weighted by Gasteiger charge is 1.99. The average Bonchev–Trinajstić information content (AvgIpc) is 2.51. The topological polar surface area (TPSA) is 44.5 Å². The number of hydrogen-bond acceptors (Lipinski definition) is 4. The van der Waals surface area contributed by atoms with Gasteiger partial charge in [0.25, 0.3) is 0 Å². The lowest BCUT2D eigenvalue weighted by Crippen LogP contribution is -2.04. The number of methoxy groups -OCH3 is 1. The van der Waals surface area contributed by atoms with Crippen LogP contribution < -0.4 is 0 Å². The molecule has 0 saturated carbocycles. The number of nitrogens with zero attached hydrogens (tertiary/aromatic N) is 1. The molecule has 1 aromatic rings. The molecule has 4 heteroatoms. The Hall–Kier alpha value is -0.870. The van der Waals surface area contributed by atoms with Crippen LogP contribution in [0.2, 0.25) is 0 Å². The molecule has 1 heterocycles. The Morgan fingerprint density at radius 2 is 2.23 bits per heavy atom. The van der Waals surface area contributed by atoms with Gasteiger partial charge in [-0.05, 0) is 6.92 Å². The van der Waals surface area contributed by atoms with Crippen LogP contribution >= 0.6 is 0 Å². The van der Waals surface area contributed by atoms with E-state index in [0.717, 1.165) is 17.9 Å². The molecule has 0 fully saturated rings. The minimum atomic E-state index is 0.632. The van der Waals surface area contributed by atoms with Crippen molar-refractivity contribution in [2.45, 2.75) is 13.3 Å². The molecular weight excluding hydrogens is 170 g/mol. The van der Waals surface area contributed by atoms with Crippen molar-refractivity contribution in [3.63, 3.8) is 0 Å². The molecule has 1 rings (SSSR count). The van der Waals surface area contributed by atoms with Crippen LogP contribution in [0.1, 0.15) is 11.5 Å². The van der Waals surface area contributed by atoms with Gasteiger partial charge in [0.1, 0.15) is 5.76 Å². The van der Waals surface area contributed by atoms with E-state index in [1.165, 1.54) is 0 Å². The second-order valence-electron chi connectivity index (χ2n) is 2.78. The Labute approximate surface area is 77.8 Å².